The van der Waals surface area contributed by atoms with E-state index < -0.39 is 21.8 Å². The zero-order valence-corrected chi connectivity index (χ0v) is 14.5. The molecular weight excluding hydrogens is 342 g/mol. The Labute approximate surface area is 146 Å². The first-order valence-electron chi connectivity index (χ1n) is 7.60. The first kappa shape index (κ1) is 18.6. The molecule has 132 valence electrons. The van der Waals surface area contributed by atoms with Crippen molar-refractivity contribution in [2.45, 2.75) is 24.8 Å². The van der Waals surface area contributed by atoms with Crippen molar-refractivity contribution in [3.8, 4) is 0 Å². The van der Waals surface area contributed by atoms with E-state index in [-0.39, 0.29) is 11.4 Å². The summed E-state index contributed by atoms with van der Waals surface area (Å²) in [6.45, 7) is 2.04. The van der Waals surface area contributed by atoms with Crippen LogP contribution in [0.1, 0.15) is 18.1 Å². The third-order valence-corrected chi connectivity index (χ3v) is 4.49. The predicted octanol–water partition coefficient (Wildman–Crippen LogP) is 1.15. The number of hydrogen-bond acceptors (Lipinski definition) is 4. The van der Waals surface area contributed by atoms with E-state index >= 15 is 0 Å². The van der Waals surface area contributed by atoms with Crippen LogP contribution >= 0.6 is 0 Å². The molecule has 2 aromatic rings. The van der Waals surface area contributed by atoms with Gasteiger partial charge in [-0.3, -0.25) is 9.59 Å². The van der Waals surface area contributed by atoms with Crippen LogP contribution in [0.4, 0.5) is 5.69 Å². The van der Waals surface area contributed by atoms with Crippen LogP contribution in [0.5, 0.6) is 0 Å². The van der Waals surface area contributed by atoms with Gasteiger partial charge in [0.05, 0.1) is 4.90 Å². The summed E-state index contributed by atoms with van der Waals surface area (Å²) in [5, 5.41) is 10.1. The molecule has 0 unspecified atom stereocenters. The first-order chi connectivity index (χ1) is 11.8. The number of rotatable bonds is 5. The molecule has 0 spiro atoms. The number of hydrogen-bond donors (Lipinski definition) is 3. The summed E-state index contributed by atoms with van der Waals surface area (Å²) in [5.41, 5.74) is 2.17. The number of anilines is 1. The summed E-state index contributed by atoms with van der Waals surface area (Å²) < 4.78 is 22.4. The van der Waals surface area contributed by atoms with E-state index in [9.17, 15) is 18.0 Å². The average molecular weight is 361 g/mol. The van der Waals surface area contributed by atoms with Gasteiger partial charge in [-0.25, -0.2) is 13.6 Å². The SMILES string of the molecule is CCc1ccccc1NC(=O)C(=O)NCc1ccc(S(N)(=O)=O)cc1. The minimum absolute atomic E-state index is 0.0171. The molecule has 8 heteroatoms. The molecule has 0 bridgehead atoms. The molecule has 25 heavy (non-hydrogen) atoms. The van der Waals surface area contributed by atoms with E-state index in [1.54, 1.807) is 12.1 Å². The summed E-state index contributed by atoms with van der Waals surface area (Å²) in [5.74, 6) is -1.54. The zero-order valence-electron chi connectivity index (χ0n) is 13.7. The van der Waals surface area contributed by atoms with Gasteiger partial charge < -0.3 is 10.6 Å². The maximum absolute atomic E-state index is 12.0. The zero-order chi connectivity index (χ0) is 18.4. The van der Waals surface area contributed by atoms with Gasteiger partial charge in [0.25, 0.3) is 0 Å². The van der Waals surface area contributed by atoms with Gasteiger partial charge in [-0.05, 0) is 35.7 Å². The van der Waals surface area contributed by atoms with E-state index in [0.717, 1.165) is 12.0 Å². The van der Waals surface area contributed by atoms with Crippen molar-refractivity contribution in [3.63, 3.8) is 0 Å². The minimum atomic E-state index is -3.76. The molecule has 0 saturated heterocycles. The van der Waals surface area contributed by atoms with Gasteiger partial charge in [-0.15, -0.1) is 0 Å². The first-order valence-corrected chi connectivity index (χ1v) is 9.14. The number of nitrogens with one attached hydrogen (secondary N) is 2. The van der Waals surface area contributed by atoms with Crippen LogP contribution < -0.4 is 15.8 Å². The monoisotopic (exact) mass is 361 g/mol. The third-order valence-electron chi connectivity index (χ3n) is 3.56. The highest BCUT2D eigenvalue weighted by Crippen LogP contribution is 2.15. The van der Waals surface area contributed by atoms with Crippen LogP contribution in [0.2, 0.25) is 0 Å². The van der Waals surface area contributed by atoms with E-state index in [4.69, 9.17) is 5.14 Å². The fourth-order valence-electron chi connectivity index (χ4n) is 2.19. The van der Waals surface area contributed by atoms with Crippen molar-refractivity contribution >= 4 is 27.5 Å². The highest BCUT2D eigenvalue weighted by atomic mass is 32.2. The summed E-state index contributed by atoms with van der Waals surface area (Å²) in [7, 11) is -3.76. The van der Waals surface area contributed by atoms with Crippen molar-refractivity contribution in [1.29, 1.82) is 0 Å². The number of amides is 2. The molecule has 0 aliphatic rings. The fourth-order valence-corrected chi connectivity index (χ4v) is 2.70. The second-order valence-electron chi connectivity index (χ2n) is 5.34. The Balaban J connectivity index is 1.94. The largest absolute Gasteiger partial charge is 0.344 e. The van der Waals surface area contributed by atoms with Crippen molar-refractivity contribution < 1.29 is 18.0 Å². The Morgan fingerprint density at radius 2 is 1.64 bits per heavy atom. The number of sulfonamides is 1. The van der Waals surface area contributed by atoms with Crippen LogP contribution in [0.15, 0.2) is 53.4 Å². The molecule has 0 saturated carbocycles. The van der Waals surface area contributed by atoms with Crippen LogP contribution in [-0.2, 0) is 32.6 Å². The molecule has 0 aliphatic carbocycles. The lowest BCUT2D eigenvalue weighted by Gasteiger charge is -2.10. The van der Waals surface area contributed by atoms with Gasteiger partial charge in [0.1, 0.15) is 0 Å². The lowest BCUT2D eigenvalue weighted by molar-refractivity contribution is -0.136. The maximum Gasteiger partial charge on any atom is 0.313 e. The molecule has 0 heterocycles. The highest BCUT2D eigenvalue weighted by molar-refractivity contribution is 7.89. The van der Waals surface area contributed by atoms with E-state index in [1.807, 2.05) is 19.1 Å². The molecule has 7 nitrogen and oxygen atoms in total. The van der Waals surface area contributed by atoms with Crippen LogP contribution in [0, 0.1) is 0 Å². The lowest BCUT2D eigenvalue weighted by atomic mass is 10.1. The Kier molecular flexibility index (Phi) is 5.89. The number of benzene rings is 2. The Bertz CT molecular complexity index is 877. The second-order valence-corrected chi connectivity index (χ2v) is 6.90. The number of aryl methyl sites for hydroxylation is 1. The van der Waals surface area contributed by atoms with Gasteiger partial charge >= 0.3 is 11.8 Å². The van der Waals surface area contributed by atoms with Crippen molar-refractivity contribution in [3.05, 3.63) is 59.7 Å². The van der Waals surface area contributed by atoms with Crippen molar-refractivity contribution in [2.75, 3.05) is 5.32 Å². The van der Waals surface area contributed by atoms with Crippen LogP contribution in [0.25, 0.3) is 0 Å². The van der Waals surface area contributed by atoms with Crippen molar-refractivity contribution in [1.82, 2.24) is 5.32 Å². The van der Waals surface area contributed by atoms with Crippen LogP contribution in [0.3, 0.4) is 0 Å². The smallest absolute Gasteiger partial charge is 0.313 e. The standard InChI is InChI=1S/C17H19N3O4S/c1-2-13-5-3-4-6-15(13)20-17(22)16(21)19-11-12-7-9-14(10-8-12)25(18,23)24/h3-10H,2,11H2,1H3,(H,19,21)(H,20,22)(H2,18,23,24). The summed E-state index contributed by atoms with van der Waals surface area (Å²) in [4.78, 5) is 23.9. The summed E-state index contributed by atoms with van der Waals surface area (Å²) >= 11 is 0. The number of para-hydroxylation sites is 1. The third kappa shape index (κ3) is 5.13. The van der Waals surface area contributed by atoms with Gasteiger partial charge in [0.15, 0.2) is 0 Å². The number of nitrogens with two attached hydrogens (primary N) is 1. The van der Waals surface area contributed by atoms with E-state index in [1.165, 1.54) is 24.3 Å². The van der Waals surface area contributed by atoms with Crippen molar-refractivity contribution in [2.24, 2.45) is 5.14 Å². The quantitative estimate of drug-likeness (QED) is 0.692. The molecule has 2 amide bonds. The molecule has 4 N–H and O–H groups in total. The topological polar surface area (TPSA) is 118 Å². The number of carbonyl (C=O) groups excluding carboxylic acids is 2. The molecule has 0 fully saturated rings. The number of primary sulfonamides is 1. The molecule has 0 aromatic heterocycles. The minimum Gasteiger partial charge on any atom is -0.344 e. The highest BCUT2D eigenvalue weighted by Gasteiger charge is 2.15. The Hall–Kier alpha value is -2.71. The average Bonchev–Trinajstić information content (AvgIpc) is 2.59. The van der Waals surface area contributed by atoms with Crippen LogP contribution in [-0.4, -0.2) is 20.2 Å². The normalized spacial score (nSPS) is 11.0. The molecule has 0 aliphatic heterocycles. The summed E-state index contributed by atoms with van der Waals surface area (Å²) in [6.07, 6.45) is 0.731. The van der Waals surface area contributed by atoms with Gasteiger partial charge in [-0.1, -0.05) is 37.3 Å². The van der Waals surface area contributed by atoms with E-state index in [0.29, 0.717) is 11.3 Å². The molecule has 0 radical (unpaired) electrons. The fraction of sp³-hybridized carbons (Fsp3) is 0.176. The van der Waals surface area contributed by atoms with Gasteiger partial charge in [-0.2, -0.15) is 0 Å². The Morgan fingerprint density at radius 1 is 1.00 bits per heavy atom. The van der Waals surface area contributed by atoms with E-state index in [2.05, 4.69) is 10.6 Å². The predicted molar refractivity (Wildman–Crippen MR) is 94.1 cm³/mol. The maximum atomic E-state index is 12.0. The van der Waals surface area contributed by atoms with Gasteiger partial charge in [0.2, 0.25) is 10.0 Å². The molecule has 2 aromatic carbocycles. The number of carbonyl (C=O) groups is 2. The second kappa shape index (κ2) is 7.91. The Morgan fingerprint density at radius 3 is 2.24 bits per heavy atom. The molecular formula is C17H19N3O4S. The summed E-state index contributed by atoms with van der Waals surface area (Å²) in [6, 6.07) is 13.0. The van der Waals surface area contributed by atoms with Gasteiger partial charge in [0, 0.05) is 12.2 Å². The lowest BCUT2D eigenvalue weighted by Crippen LogP contribution is -2.35. The molecule has 0 atom stereocenters. The molecule has 2 rings (SSSR count).